The molecule has 68 valence electrons. The van der Waals surface area contributed by atoms with E-state index in [2.05, 4.69) is 46.6 Å². The van der Waals surface area contributed by atoms with Crippen molar-refractivity contribution < 1.29 is 0 Å². The minimum absolute atomic E-state index is 0.471. The second-order valence-corrected chi connectivity index (χ2v) is 4.53. The summed E-state index contributed by atoms with van der Waals surface area (Å²) < 4.78 is 0. The molecule has 0 N–H and O–H groups in total. The van der Waals surface area contributed by atoms with Gasteiger partial charge in [0.1, 0.15) is 0 Å². The van der Waals surface area contributed by atoms with Crippen LogP contribution in [0.4, 0.5) is 0 Å². The molecular formula is C10H23N. The molecule has 0 rings (SSSR count). The fourth-order valence-corrected chi connectivity index (χ4v) is 0.970. The second-order valence-electron chi connectivity index (χ2n) is 4.53. The van der Waals surface area contributed by atoms with Crippen molar-refractivity contribution in [2.45, 2.75) is 47.1 Å². The van der Waals surface area contributed by atoms with E-state index in [9.17, 15) is 0 Å². The maximum absolute atomic E-state index is 2.41. The van der Waals surface area contributed by atoms with Gasteiger partial charge in [-0.3, -0.25) is 0 Å². The van der Waals surface area contributed by atoms with Crippen molar-refractivity contribution in [1.82, 2.24) is 4.90 Å². The molecule has 0 aliphatic carbocycles. The summed E-state index contributed by atoms with van der Waals surface area (Å²) in [6.45, 7) is 12.6. The Kier molecular flexibility index (Phi) is 4.09. The van der Waals surface area contributed by atoms with E-state index in [-0.39, 0.29) is 0 Å². The van der Waals surface area contributed by atoms with Crippen LogP contribution in [0.3, 0.4) is 0 Å². The molecule has 0 aromatic carbocycles. The van der Waals surface area contributed by atoms with Crippen LogP contribution in [-0.4, -0.2) is 24.5 Å². The molecule has 0 aromatic rings. The van der Waals surface area contributed by atoms with Gasteiger partial charge in [0.15, 0.2) is 0 Å². The first-order chi connectivity index (χ1) is 4.89. The van der Waals surface area contributed by atoms with Crippen LogP contribution in [0.15, 0.2) is 0 Å². The van der Waals surface area contributed by atoms with E-state index in [4.69, 9.17) is 0 Å². The average molecular weight is 157 g/mol. The van der Waals surface area contributed by atoms with Crippen molar-refractivity contribution in [1.29, 1.82) is 0 Å². The van der Waals surface area contributed by atoms with E-state index in [1.54, 1.807) is 0 Å². The molecule has 0 amide bonds. The van der Waals surface area contributed by atoms with Crippen molar-refractivity contribution >= 4 is 0 Å². The molecule has 0 spiro atoms. The molecular weight excluding hydrogens is 134 g/mol. The van der Waals surface area contributed by atoms with Gasteiger partial charge in [-0.2, -0.15) is 0 Å². The van der Waals surface area contributed by atoms with E-state index in [1.807, 2.05) is 0 Å². The highest BCUT2D eigenvalue weighted by atomic mass is 15.1. The zero-order valence-corrected chi connectivity index (χ0v) is 8.94. The van der Waals surface area contributed by atoms with Gasteiger partial charge in [0.05, 0.1) is 0 Å². The third kappa shape index (κ3) is 4.41. The van der Waals surface area contributed by atoms with Gasteiger partial charge < -0.3 is 4.90 Å². The van der Waals surface area contributed by atoms with Gasteiger partial charge in [0.2, 0.25) is 0 Å². The zero-order chi connectivity index (χ0) is 9.07. The summed E-state index contributed by atoms with van der Waals surface area (Å²) in [7, 11) is 2.20. The Bertz CT molecular complexity index is 105. The van der Waals surface area contributed by atoms with E-state index >= 15 is 0 Å². The van der Waals surface area contributed by atoms with Crippen molar-refractivity contribution in [3.8, 4) is 0 Å². The SMILES string of the molecule is CCC(C)(C)CN(C)C(C)C. The number of hydrogen-bond acceptors (Lipinski definition) is 1. The van der Waals surface area contributed by atoms with Crippen LogP contribution in [0.2, 0.25) is 0 Å². The van der Waals surface area contributed by atoms with Gasteiger partial charge in [0, 0.05) is 12.6 Å². The molecule has 1 heteroatoms. The molecule has 0 bridgehead atoms. The van der Waals surface area contributed by atoms with Crippen molar-refractivity contribution in [2.24, 2.45) is 5.41 Å². The van der Waals surface area contributed by atoms with E-state index < -0.39 is 0 Å². The van der Waals surface area contributed by atoms with Gasteiger partial charge in [0.25, 0.3) is 0 Å². The van der Waals surface area contributed by atoms with Gasteiger partial charge in [-0.25, -0.2) is 0 Å². The Morgan fingerprint density at radius 3 is 2.00 bits per heavy atom. The lowest BCUT2D eigenvalue weighted by molar-refractivity contribution is 0.172. The first-order valence-corrected chi connectivity index (χ1v) is 4.59. The second kappa shape index (κ2) is 4.10. The average Bonchev–Trinajstić information content (AvgIpc) is 1.87. The summed E-state index contributed by atoms with van der Waals surface area (Å²) in [4.78, 5) is 2.41. The molecule has 0 atom stereocenters. The maximum Gasteiger partial charge on any atom is 0.00357 e. The molecule has 11 heavy (non-hydrogen) atoms. The molecule has 0 aliphatic rings. The summed E-state index contributed by atoms with van der Waals surface area (Å²) in [5.74, 6) is 0. The van der Waals surface area contributed by atoms with Gasteiger partial charge in [-0.1, -0.05) is 20.8 Å². The number of hydrogen-bond donors (Lipinski definition) is 0. The lowest BCUT2D eigenvalue weighted by atomic mass is 9.89. The summed E-state index contributed by atoms with van der Waals surface area (Å²) in [5.41, 5.74) is 0.471. The fourth-order valence-electron chi connectivity index (χ4n) is 0.970. The Hall–Kier alpha value is -0.0400. The highest BCUT2D eigenvalue weighted by Gasteiger charge is 2.18. The molecule has 1 nitrogen and oxygen atoms in total. The molecule has 0 saturated carbocycles. The molecule has 0 saturated heterocycles. The van der Waals surface area contributed by atoms with E-state index in [0.29, 0.717) is 11.5 Å². The lowest BCUT2D eigenvalue weighted by Crippen LogP contribution is -2.35. The monoisotopic (exact) mass is 157 g/mol. The van der Waals surface area contributed by atoms with E-state index in [0.717, 1.165) is 0 Å². The Morgan fingerprint density at radius 1 is 1.27 bits per heavy atom. The minimum Gasteiger partial charge on any atom is -0.303 e. The highest BCUT2D eigenvalue weighted by Crippen LogP contribution is 2.21. The van der Waals surface area contributed by atoms with Crippen LogP contribution in [0, 0.1) is 5.41 Å². The van der Waals surface area contributed by atoms with Gasteiger partial charge >= 0.3 is 0 Å². The third-order valence-corrected chi connectivity index (χ3v) is 2.52. The third-order valence-electron chi connectivity index (χ3n) is 2.52. The predicted octanol–water partition coefficient (Wildman–Crippen LogP) is 2.76. The fraction of sp³-hybridized carbons (Fsp3) is 1.00. The first-order valence-electron chi connectivity index (χ1n) is 4.59. The number of nitrogens with zero attached hydrogens (tertiary/aromatic N) is 1. The minimum atomic E-state index is 0.471. The van der Waals surface area contributed by atoms with Crippen LogP contribution in [-0.2, 0) is 0 Å². The quantitative estimate of drug-likeness (QED) is 0.606. The Labute approximate surface area is 71.8 Å². The molecule has 0 unspecified atom stereocenters. The highest BCUT2D eigenvalue weighted by molar-refractivity contribution is 4.71. The smallest absolute Gasteiger partial charge is 0.00357 e. The van der Waals surface area contributed by atoms with Crippen LogP contribution in [0.25, 0.3) is 0 Å². The normalized spacial score (nSPS) is 13.1. The zero-order valence-electron chi connectivity index (χ0n) is 8.94. The van der Waals surface area contributed by atoms with Crippen LogP contribution >= 0.6 is 0 Å². The molecule has 0 fully saturated rings. The topological polar surface area (TPSA) is 3.24 Å². The summed E-state index contributed by atoms with van der Waals surface area (Å²) in [5, 5.41) is 0. The lowest BCUT2D eigenvalue weighted by Gasteiger charge is -2.31. The van der Waals surface area contributed by atoms with Crippen molar-refractivity contribution in [3.63, 3.8) is 0 Å². The predicted molar refractivity (Wildman–Crippen MR) is 51.8 cm³/mol. The summed E-state index contributed by atoms with van der Waals surface area (Å²) >= 11 is 0. The standard InChI is InChI=1S/C10H23N/c1-7-10(4,5)8-11(6)9(2)3/h9H,7-8H2,1-6H3. The molecule has 0 radical (unpaired) electrons. The number of rotatable bonds is 4. The summed E-state index contributed by atoms with van der Waals surface area (Å²) in [6.07, 6.45) is 1.25. The van der Waals surface area contributed by atoms with Gasteiger partial charge in [-0.15, -0.1) is 0 Å². The first kappa shape index (κ1) is 11.0. The molecule has 0 aromatic heterocycles. The molecule has 0 heterocycles. The van der Waals surface area contributed by atoms with Crippen LogP contribution in [0.1, 0.15) is 41.0 Å². The Morgan fingerprint density at radius 2 is 1.73 bits per heavy atom. The van der Waals surface area contributed by atoms with Crippen molar-refractivity contribution in [3.05, 3.63) is 0 Å². The molecule has 0 aliphatic heterocycles. The van der Waals surface area contributed by atoms with Crippen LogP contribution < -0.4 is 0 Å². The maximum atomic E-state index is 2.41. The van der Waals surface area contributed by atoms with Crippen LogP contribution in [0.5, 0.6) is 0 Å². The van der Waals surface area contributed by atoms with Gasteiger partial charge in [-0.05, 0) is 32.7 Å². The Balaban J connectivity index is 3.83. The summed E-state index contributed by atoms with van der Waals surface area (Å²) in [6, 6.07) is 0.667. The van der Waals surface area contributed by atoms with E-state index in [1.165, 1.54) is 13.0 Å². The van der Waals surface area contributed by atoms with Crippen molar-refractivity contribution in [2.75, 3.05) is 13.6 Å². The largest absolute Gasteiger partial charge is 0.303 e.